The molecule has 9 nitrogen and oxygen atoms in total. The van der Waals surface area contributed by atoms with Crippen LogP contribution in [0.25, 0.3) is 17.1 Å². The van der Waals surface area contributed by atoms with Crippen molar-refractivity contribution in [3.63, 3.8) is 0 Å². The van der Waals surface area contributed by atoms with Crippen LogP contribution >= 0.6 is 11.8 Å². The van der Waals surface area contributed by atoms with Crippen molar-refractivity contribution in [3.8, 4) is 22.8 Å². The molecule has 1 aliphatic heterocycles. The van der Waals surface area contributed by atoms with E-state index in [2.05, 4.69) is 15.2 Å². The van der Waals surface area contributed by atoms with Gasteiger partial charge in [0.15, 0.2) is 20.8 Å². The van der Waals surface area contributed by atoms with Crippen molar-refractivity contribution in [2.75, 3.05) is 25.7 Å². The van der Waals surface area contributed by atoms with Gasteiger partial charge in [-0.15, -0.1) is 10.2 Å². The SMILES string of the molecule is COc1ccc(-n2c(SC(C)C(=O)N(C)C3CCS(=O)(=O)C3)nnc2-c2ccncc2)cc1. The summed E-state index contributed by atoms with van der Waals surface area (Å²) in [6.45, 7) is 1.80. The number of hydrogen-bond acceptors (Lipinski definition) is 8. The Balaban J connectivity index is 1.63. The molecule has 0 spiro atoms. The van der Waals surface area contributed by atoms with Gasteiger partial charge in [0.05, 0.1) is 23.9 Å². The van der Waals surface area contributed by atoms with E-state index in [4.69, 9.17) is 4.74 Å². The fourth-order valence-electron chi connectivity index (χ4n) is 3.75. The number of thioether (sulfide) groups is 1. The van der Waals surface area contributed by atoms with Crippen LogP contribution in [0.5, 0.6) is 5.75 Å². The van der Waals surface area contributed by atoms with Crippen molar-refractivity contribution in [1.29, 1.82) is 0 Å². The highest BCUT2D eigenvalue weighted by Crippen LogP contribution is 2.31. The van der Waals surface area contributed by atoms with Crippen molar-refractivity contribution < 1.29 is 17.9 Å². The lowest BCUT2D eigenvalue weighted by atomic mass is 10.2. The van der Waals surface area contributed by atoms with Crippen LogP contribution in [0, 0.1) is 0 Å². The number of amides is 1. The fraction of sp³-hybridized carbons (Fsp3) is 0.364. The fourth-order valence-corrected chi connectivity index (χ4v) is 6.50. The van der Waals surface area contributed by atoms with E-state index in [-0.39, 0.29) is 23.5 Å². The van der Waals surface area contributed by atoms with E-state index in [1.165, 1.54) is 11.8 Å². The monoisotopic (exact) mass is 487 g/mol. The molecule has 2 atom stereocenters. The van der Waals surface area contributed by atoms with Crippen LogP contribution in [-0.4, -0.2) is 75.9 Å². The standard InChI is InChI=1S/C22H25N5O4S2/c1-15(21(28)26(2)18-10-13-33(29,30)14-18)32-22-25-24-20(16-8-11-23-12-9-16)27(22)17-4-6-19(31-3)7-5-17/h4-9,11-12,15,18H,10,13-14H2,1-3H3. The van der Waals surface area contributed by atoms with Gasteiger partial charge in [0.2, 0.25) is 5.91 Å². The summed E-state index contributed by atoms with van der Waals surface area (Å²) in [5.41, 5.74) is 1.66. The molecule has 11 heteroatoms. The number of carbonyl (C=O) groups excluding carboxylic acids is 1. The summed E-state index contributed by atoms with van der Waals surface area (Å²) in [5.74, 6) is 1.35. The molecular weight excluding hydrogens is 462 g/mol. The largest absolute Gasteiger partial charge is 0.497 e. The van der Waals surface area contributed by atoms with Crippen molar-refractivity contribution in [3.05, 3.63) is 48.8 Å². The number of ether oxygens (including phenoxy) is 1. The first kappa shape index (κ1) is 23.2. The highest BCUT2D eigenvalue weighted by molar-refractivity contribution is 8.00. The Kier molecular flexibility index (Phi) is 6.71. The third-order valence-corrected chi connectivity index (χ3v) is 8.42. The molecule has 1 saturated heterocycles. The zero-order valence-electron chi connectivity index (χ0n) is 18.6. The van der Waals surface area contributed by atoms with Gasteiger partial charge >= 0.3 is 0 Å². The summed E-state index contributed by atoms with van der Waals surface area (Å²) in [7, 11) is 0.199. The maximum absolute atomic E-state index is 13.1. The van der Waals surface area contributed by atoms with Crippen LogP contribution in [-0.2, 0) is 14.6 Å². The molecule has 1 aliphatic rings. The Morgan fingerprint density at radius 3 is 2.48 bits per heavy atom. The van der Waals surface area contributed by atoms with Crippen LogP contribution in [0.4, 0.5) is 0 Å². The third-order valence-electron chi connectivity index (χ3n) is 5.64. The lowest BCUT2D eigenvalue weighted by Crippen LogP contribution is -2.41. The number of carbonyl (C=O) groups is 1. The van der Waals surface area contributed by atoms with Crippen molar-refractivity contribution in [2.45, 2.75) is 29.8 Å². The van der Waals surface area contributed by atoms with E-state index in [9.17, 15) is 13.2 Å². The van der Waals surface area contributed by atoms with E-state index >= 15 is 0 Å². The Bertz CT molecular complexity index is 1230. The van der Waals surface area contributed by atoms with Gasteiger partial charge in [0.1, 0.15) is 5.75 Å². The summed E-state index contributed by atoms with van der Waals surface area (Å²) in [6, 6.07) is 10.9. The summed E-state index contributed by atoms with van der Waals surface area (Å²) in [4.78, 5) is 18.7. The van der Waals surface area contributed by atoms with Crippen LogP contribution in [0.2, 0.25) is 0 Å². The molecule has 1 aromatic carbocycles. The zero-order valence-corrected chi connectivity index (χ0v) is 20.2. The summed E-state index contributed by atoms with van der Waals surface area (Å²) in [5, 5.41) is 8.83. The van der Waals surface area contributed by atoms with Gasteiger partial charge in [-0.25, -0.2) is 8.42 Å². The molecular formula is C22H25N5O4S2. The smallest absolute Gasteiger partial charge is 0.235 e. The number of hydrogen-bond donors (Lipinski definition) is 0. The van der Waals surface area contributed by atoms with Crippen LogP contribution < -0.4 is 4.74 Å². The number of pyridine rings is 1. The van der Waals surface area contributed by atoms with Gasteiger partial charge in [0, 0.05) is 36.7 Å². The molecule has 33 heavy (non-hydrogen) atoms. The lowest BCUT2D eigenvalue weighted by molar-refractivity contribution is -0.130. The molecule has 0 aliphatic carbocycles. The summed E-state index contributed by atoms with van der Waals surface area (Å²) < 4.78 is 30.8. The number of methoxy groups -OCH3 is 1. The van der Waals surface area contributed by atoms with Gasteiger partial charge in [-0.05, 0) is 49.7 Å². The second kappa shape index (κ2) is 9.52. The number of rotatable bonds is 7. The summed E-state index contributed by atoms with van der Waals surface area (Å²) >= 11 is 1.29. The van der Waals surface area contributed by atoms with Crippen LogP contribution in [0.15, 0.2) is 53.9 Å². The van der Waals surface area contributed by atoms with E-state index < -0.39 is 15.1 Å². The van der Waals surface area contributed by atoms with Crippen molar-refractivity contribution >= 4 is 27.5 Å². The average molecular weight is 488 g/mol. The Hall–Kier alpha value is -2.92. The Morgan fingerprint density at radius 1 is 1.18 bits per heavy atom. The predicted octanol–water partition coefficient (Wildman–Crippen LogP) is 2.46. The third kappa shape index (κ3) is 5.03. The second-order valence-corrected chi connectivity index (χ2v) is 11.4. The van der Waals surface area contributed by atoms with E-state index in [1.54, 1.807) is 38.4 Å². The minimum atomic E-state index is -3.08. The minimum absolute atomic E-state index is 0.0147. The first-order valence-corrected chi connectivity index (χ1v) is 13.1. The Labute approximate surface area is 197 Å². The first-order valence-electron chi connectivity index (χ1n) is 10.4. The zero-order chi connectivity index (χ0) is 23.6. The average Bonchev–Trinajstić information content (AvgIpc) is 3.41. The van der Waals surface area contributed by atoms with Gasteiger partial charge < -0.3 is 9.64 Å². The van der Waals surface area contributed by atoms with Crippen molar-refractivity contribution in [1.82, 2.24) is 24.6 Å². The van der Waals surface area contributed by atoms with Gasteiger partial charge in [-0.2, -0.15) is 0 Å². The topological polar surface area (TPSA) is 107 Å². The first-order chi connectivity index (χ1) is 15.8. The lowest BCUT2D eigenvalue weighted by Gasteiger charge is -2.26. The normalized spacial score (nSPS) is 18.1. The maximum atomic E-state index is 13.1. The molecule has 2 aromatic heterocycles. The van der Waals surface area contributed by atoms with E-state index in [0.29, 0.717) is 17.4 Å². The predicted molar refractivity (Wildman–Crippen MR) is 126 cm³/mol. The molecule has 174 valence electrons. The summed E-state index contributed by atoms with van der Waals surface area (Å²) in [6.07, 6.45) is 3.84. The van der Waals surface area contributed by atoms with Crippen LogP contribution in [0.3, 0.4) is 0 Å². The molecule has 0 bridgehead atoms. The second-order valence-electron chi connectivity index (χ2n) is 7.84. The quantitative estimate of drug-likeness (QED) is 0.468. The number of aromatic nitrogens is 4. The van der Waals surface area contributed by atoms with Crippen LogP contribution in [0.1, 0.15) is 13.3 Å². The highest BCUT2D eigenvalue weighted by atomic mass is 32.2. The molecule has 4 rings (SSSR count). The van der Waals surface area contributed by atoms with Gasteiger partial charge in [-0.1, -0.05) is 11.8 Å². The van der Waals surface area contributed by atoms with Gasteiger partial charge in [0.25, 0.3) is 0 Å². The molecule has 2 unspecified atom stereocenters. The number of sulfone groups is 1. The molecule has 3 aromatic rings. The van der Waals surface area contributed by atoms with Crippen molar-refractivity contribution in [2.24, 2.45) is 0 Å². The Morgan fingerprint density at radius 2 is 1.88 bits per heavy atom. The van der Waals surface area contributed by atoms with E-state index in [1.807, 2.05) is 41.0 Å². The molecule has 0 saturated carbocycles. The minimum Gasteiger partial charge on any atom is -0.497 e. The number of nitrogens with zero attached hydrogens (tertiary/aromatic N) is 5. The highest BCUT2D eigenvalue weighted by Gasteiger charge is 2.34. The number of benzene rings is 1. The molecule has 1 fully saturated rings. The maximum Gasteiger partial charge on any atom is 0.235 e. The molecule has 0 N–H and O–H groups in total. The molecule has 1 amide bonds. The molecule has 3 heterocycles. The molecule has 0 radical (unpaired) electrons. The van der Waals surface area contributed by atoms with Gasteiger partial charge in [-0.3, -0.25) is 14.3 Å². The van der Waals surface area contributed by atoms with E-state index in [0.717, 1.165) is 17.0 Å².